The molecule has 2 aliphatic heterocycles. The van der Waals surface area contributed by atoms with Gasteiger partial charge in [-0.1, -0.05) is 13.0 Å². The molecule has 0 unspecified atom stereocenters. The molecule has 0 saturated carbocycles. The Hall–Kier alpha value is -2.83. The van der Waals surface area contributed by atoms with E-state index in [1.54, 1.807) is 0 Å². The molecule has 7 nitrogen and oxygen atoms in total. The fourth-order valence-corrected chi connectivity index (χ4v) is 4.28. The summed E-state index contributed by atoms with van der Waals surface area (Å²) in [4.78, 5) is 19.0. The Labute approximate surface area is 179 Å². The van der Waals surface area contributed by atoms with Gasteiger partial charge in [0.05, 0.1) is 0 Å². The smallest absolute Gasteiger partial charge is 0.321 e. The Morgan fingerprint density at radius 3 is 1.93 bits per heavy atom. The highest BCUT2D eigenvalue weighted by molar-refractivity contribution is 5.89. The van der Waals surface area contributed by atoms with Crippen molar-refractivity contribution in [2.45, 2.75) is 33.6 Å². The molecule has 0 bridgehead atoms. The van der Waals surface area contributed by atoms with Crippen molar-refractivity contribution in [3.8, 4) is 0 Å². The monoisotopic (exact) mass is 408 g/mol. The molecule has 4 rings (SSSR count). The molecule has 7 heteroatoms. The standard InChI is InChI=1S/C23H32N6O/c1-17-6-8-27(9-7-17)21-4-5-22(26-25-21)28-10-12-29(13-11-28)23(30)24-20-15-18(2)14-19(3)16-20/h4-5,14-17H,6-13H2,1-3H3,(H,24,30). The molecule has 1 aromatic heterocycles. The summed E-state index contributed by atoms with van der Waals surface area (Å²) in [5.41, 5.74) is 3.15. The number of aryl methyl sites for hydroxylation is 2. The molecule has 2 saturated heterocycles. The van der Waals surface area contributed by atoms with Gasteiger partial charge in [0.2, 0.25) is 0 Å². The van der Waals surface area contributed by atoms with Crippen LogP contribution >= 0.6 is 0 Å². The van der Waals surface area contributed by atoms with Crippen LogP contribution in [0.3, 0.4) is 0 Å². The van der Waals surface area contributed by atoms with Gasteiger partial charge in [0.15, 0.2) is 11.6 Å². The lowest BCUT2D eigenvalue weighted by Crippen LogP contribution is -2.50. The average Bonchev–Trinajstić information content (AvgIpc) is 2.74. The molecule has 2 aromatic rings. The number of hydrogen-bond donors (Lipinski definition) is 1. The first-order valence-corrected chi connectivity index (χ1v) is 11.0. The van der Waals surface area contributed by atoms with Gasteiger partial charge < -0.3 is 20.0 Å². The molecular formula is C23H32N6O. The second kappa shape index (κ2) is 8.90. The predicted octanol–water partition coefficient (Wildman–Crippen LogP) is 3.68. The Kier molecular flexibility index (Phi) is 6.06. The van der Waals surface area contributed by atoms with Crippen LogP contribution in [-0.2, 0) is 0 Å². The van der Waals surface area contributed by atoms with E-state index in [-0.39, 0.29) is 6.03 Å². The third-order valence-corrected chi connectivity index (χ3v) is 6.11. The molecule has 0 spiro atoms. The molecule has 3 heterocycles. The van der Waals surface area contributed by atoms with Gasteiger partial charge in [-0.05, 0) is 68.0 Å². The summed E-state index contributed by atoms with van der Waals surface area (Å²) < 4.78 is 0. The minimum Gasteiger partial charge on any atom is -0.355 e. The van der Waals surface area contributed by atoms with Crippen molar-refractivity contribution in [2.24, 2.45) is 5.92 Å². The van der Waals surface area contributed by atoms with Gasteiger partial charge in [-0.25, -0.2) is 4.79 Å². The van der Waals surface area contributed by atoms with Gasteiger partial charge in [-0.3, -0.25) is 0 Å². The maximum atomic E-state index is 12.6. The number of amides is 2. The zero-order valence-electron chi connectivity index (χ0n) is 18.3. The molecule has 2 amide bonds. The van der Waals surface area contributed by atoms with Gasteiger partial charge in [0.25, 0.3) is 0 Å². The number of urea groups is 1. The molecule has 30 heavy (non-hydrogen) atoms. The first-order valence-electron chi connectivity index (χ1n) is 11.0. The number of piperidine rings is 1. The molecule has 2 fully saturated rings. The highest BCUT2D eigenvalue weighted by Gasteiger charge is 2.23. The van der Waals surface area contributed by atoms with Crippen LogP contribution in [0.25, 0.3) is 0 Å². The highest BCUT2D eigenvalue weighted by Crippen LogP contribution is 2.22. The van der Waals surface area contributed by atoms with E-state index in [0.29, 0.717) is 13.1 Å². The fourth-order valence-electron chi connectivity index (χ4n) is 4.28. The van der Waals surface area contributed by atoms with Crippen molar-refractivity contribution >= 4 is 23.4 Å². The molecule has 0 radical (unpaired) electrons. The van der Waals surface area contributed by atoms with E-state index in [0.717, 1.165) is 60.5 Å². The van der Waals surface area contributed by atoms with Gasteiger partial charge >= 0.3 is 6.03 Å². The largest absolute Gasteiger partial charge is 0.355 e. The molecule has 2 aliphatic rings. The van der Waals surface area contributed by atoms with Crippen molar-refractivity contribution in [3.05, 3.63) is 41.5 Å². The minimum absolute atomic E-state index is 0.0413. The van der Waals surface area contributed by atoms with Gasteiger partial charge in [0.1, 0.15) is 0 Å². The van der Waals surface area contributed by atoms with Crippen molar-refractivity contribution in [3.63, 3.8) is 0 Å². The normalized spacial score (nSPS) is 17.9. The number of benzene rings is 1. The molecule has 0 atom stereocenters. The van der Waals surface area contributed by atoms with Crippen molar-refractivity contribution in [1.29, 1.82) is 0 Å². The van der Waals surface area contributed by atoms with Crippen LogP contribution in [0.15, 0.2) is 30.3 Å². The van der Waals surface area contributed by atoms with E-state index in [9.17, 15) is 4.79 Å². The summed E-state index contributed by atoms with van der Waals surface area (Å²) in [7, 11) is 0. The van der Waals surface area contributed by atoms with E-state index in [2.05, 4.69) is 50.4 Å². The van der Waals surface area contributed by atoms with Crippen LogP contribution in [-0.4, -0.2) is 60.4 Å². The number of hydrogen-bond acceptors (Lipinski definition) is 5. The number of rotatable bonds is 3. The van der Waals surface area contributed by atoms with Crippen molar-refractivity contribution in [2.75, 3.05) is 54.4 Å². The second-order valence-electron chi connectivity index (χ2n) is 8.70. The molecule has 0 aliphatic carbocycles. The quantitative estimate of drug-likeness (QED) is 0.839. The zero-order valence-corrected chi connectivity index (χ0v) is 18.3. The number of anilines is 3. The summed E-state index contributed by atoms with van der Waals surface area (Å²) in [5.74, 6) is 2.66. The van der Waals surface area contributed by atoms with E-state index in [1.165, 1.54) is 12.8 Å². The van der Waals surface area contributed by atoms with E-state index in [4.69, 9.17) is 0 Å². The lowest BCUT2D eigenvalue weighted by Gasteiger charge is -2.35. The number of nitrogens with one attached hydrogen (secondary N) is 1. The number of piperazine rings is 1. The van der Waals surface area contributed by atoms with Crippen molar-refractivity contribution < 1.29 is 4.79 Å². The minimum atomic E-state index is -0.0413. The number of nitrogens with zero attached hydrogens (tertiary/aromatic N) is 5. The maximum absolute atomic E-state index is 12.6. The van der Waals surface area contributed by atoms with Crippen LogP contribution in [0, 0.1) is 19.8 Å². The van der Waals surface area contributed by atoms with Crippen LogP contribution < -0.4 is 15.1 Å². The van der Waals surface area contributed by atoms with Crippen LogP contribution in [0.4, 0.5) is 22.1 Å². The lowest BCUT2D eigenvalue weighted by molar-refractivity contribution is 0.208. The molecule has 1 aromatic carbocycles. The number of aromatic nitrogens is 2. The Morgan fingerprint density at radius 1 is 0.867 bits per heavy atom. The van der Waals surface area contributed by atoms with E-state index in [1.807, 2.05) is 30.9 Å². The highest BCUT2D eigenvalue weighted by atomic mass is 16.2. The molecule has 160 valence electrons. The summed E-state index contributed by atoms with van der Waals surface area (Å²) in [6.45, 7) is 11.4. The first kappa shape index (κ1) is 20.4. The first-order chi connectivity index (χ1) is 14.5. The van der Waals surface area contributed by atoms with Crippen LogP contribution in [0.5, 0.6) is 0 Å². The van der Waals surface area contributed by atoms with E-state index < -0.39 is 0 Å². The summed E-state index contributed by atoms with van der Waals surface area (Å²) in [6.07, 6.45) is 2.44. The summed E-state index contributed by atoms with van der Waals surface area (Å²) in [5, 5.41) is 12.0. The Bertz CT molecular complexity index is 848. The third kappa shape index (κ3) is 4.83. The van der Waals surface area contributed by atoms with Crippen LogP contribution in [0.2, 0.25) is 0 Å². The predicted molar refractivity (Wildman–Crippen MR) is 121 cm³/mol. The second-order valence-corrected chi connectivity index (χ2v) is 8.70. The Morgan fingerprint density at radius 2 is 1.40 bits per heavy atom. The fraction of sp³-hybridized carbons (Fsp3) is 0.522. The average molecular weight is 409 g/mol. The summed E-state index contributed by atoms with van der Waals surface area (Å²) in [6, 6.07) is 10.2. The maximum Gasteiger partial charge on any atom is 0.321 e. The van der Waals surface area contributed by atoms with Crippen LogP contribution in [0.1, 0.15) is 30.9 Å². The number of carbonyl (C=O) groups is 1. The van der Waals surface area contributed by atoms with E-state index >= 15 is 0 Å². The van der Waals surface area contributed by atoms with Crippen molar-refractivity contribution in [1.82, 2.24) is 15.1 Å². The lowest BCUT2D eigenvalue weighted by atomic mass is 9.99. The summed E-state index contributed by atoms with van der Waals surface area (Å²) >= 11 is 0. The zero-order chi connectivity index (χ0) is 21.1. The Balaban J connectivity index is 1.30. The topological polar surface area (TPSA) is 64.6 Å². The third-order valence-electron chi connectivity index (χ3n) is 6.11. The molecular weight excluding hydrogens is 376 g/mol. The SMILES string of the molecule is Cc1cc(C)cc(NC(=O)N2CCN(c3ccc(N4CCC(C)CC4)nn3)CC2)c1. The van der Waals surface area contributed by atoms with Gasteiger partial charge in [0, 0.05) is 45.0 Å². The number of carbonyl (C=O) groups excluding carboxylic acids is 1. The molecule has 1 N–H and O–H groups in total. The van der Waals surface area contributed by atoms with Gasteiger partial charge in [-0.2, -0.15) is 0 Å². The van der Waals surface area contributed by atoms with Gasteiger partial charge in [-0.15, -0.1) is 10.2 Å².